The number of esters is 1. The molecule has 1 aromatic rings. The van der Waals surface area contributed by atoms with E-state index in [1.807, 2.05) is 0 Å². The van der Waals surface area contributed by atoms with E-state index in [1.54, 1.807) is 0 Å². The number of nitro benzene ring substituents is 1. The number of hydrogen-bond donors (Lipinski definition) is 1. The summed E-state index contributed by atoms with van der Waals surface area (Å²) in [5.41, 5.74) is -0.494. The van der Waals surface area contributed by atoms with Crippen LogP contribution in [0.4, 0.5) is 5.69 Å². The third kappa shape index (κ3) is 4.25. The number of ketones is 1. The summed E-state index contributed by atoms with van der Waals surface area (Å²) in [6, 6.07) is 3.92. The summed E-state index contributed by atoms with van der Waals surface area (Å²) < 4.78 is 9.52. The first kappa shape index (κ1) is 18.1. The molecule has 1 N–H and O–H groups in total. The number of Topliss-reactive ketones (excluding diaryl/α,β-unsaturated/α-hetero) is 1. The molecule has 0 aliphatic heterocycles. The minimum Gasteiger partial charge on any atom is -0.496 e. The molecule has 0 spiro atoms. The van der Waals surface area contributed by atoms with E-state index < -0.39 is 40.7 Å². The SMILES string of the molecule is CCOC(=O)C(C(=O)O)C(=O)Cc1c(OC)cccc1[N+](=O)[O-]. The van der Waals surface area contributed by atoms with Gasteiger partial charge in [-0.05, 0) is 13.0 Å². The second-order valence-electron chi connectivity index (χ2n) is 4.38. The van der Waals surface area contributed by atoms with Crippen molar-refractivity contribution in [2.75, 3.05) is 13.7 Å². The maximum absolute atomic E-state index is 12.2. The number of carbonyl (C=O) groups excluding carboxylic acids is 2. The molecule has 1 aromatic carbocycles. The molecule has 0 aliphatic carbocycles. The Kier molecular flexibility index (Phi) is 6.19. The molecule has 23 heavy (non-hydrogen) atoms. The molecule has 0 saturated carbocycles. The zero-order valence-corrected chi connectivity index (χ0v) is 12.5. The fourth-order valence-electron chi connectivity index (χ4n) is 1.97. The van der Waals surface area contributed by atoms with Crippen LogP contribution in [-0.4, -0.2) is 41.5 Å². The van der Waals surface area contributed by atoms with Gasteiger partial charge >= 0.3 is 11.9 Å². The number of benzene rings is 1. The van der Waals surface area contributed by atoms with Crippen LogP contribution in [0.5, 0.6) is 5.75 Å². The number of nitro groups is 1. The maximum atomic E-state index is 12.2. The summed E-state index contributed by atoms with van der Waals surface area (Å²) >= 11 is 0. The van der Waals surface area contributed by atoms with Gasteiger partial charge < -0.3 is 14.6 Å². The van der Waals surface area contributed by atoms with Gasteiger partial charge in [-0.1, -0.05) is 6.07 Å². The second kappa shape index (κ2) is 7.87. The van der Waals surface area contributed by atoms with Crippen molar-refractivity contribution in [2.24, 2.45) is 5.92 Å². The number of rotatable bonds is 8. The van der Waals surface area contributed by atoms with Gasteiger partial charge in [-0.3, -0.25) is 24.5 Å². The van der Waals surface area contributed by atoms with Crippen LogP contribution in [0.1, 0.15) is 12.5 Å². The van der Waals surface area contributed by atoms with Gasteiger partial charge in [-0.2, -0.15) is 0 Å². The van der Waals surface area contributed by atoms with Crippen LogP contribution >= 0.6 is 0 Å². The van der Waals surface area contributed by atoms with Crippen LogP contribution in [-0.2, 0) is 25.5 Å². The molecule has 0 aliphatic rings. The summed E-state index contributed by atoms with van der Waals surface area (Å²) in [5, 5.41) is 20.1. The molecular weight excluding hydrogens is 310 g/mol. The van der Waals surface area contributed by atoms with Gasteiger partial charge in [0.25, 0.3) is 5.69 Å². The highest BCUT2D eigenvalue weighted by molar-refractivity contribution is 6.15. The van der Waals surface area contributed by atoms with Crippen LogP contribution in [0, 0.1) is 16.0 Å². The Bertz CT molecular complexity index is 640. The molecule has 1 atom stereocenters. The summed E-state index contributed by atoms with van der Waals surface area (Å²) in [6.45, 7) is 1.37. The zero-order valence-electron chi connectivity index (χ0n) is 12.5. The first-order valence-corrected chi connectivity index (χ1v) is 6.55. The Balaban J connectivity index is 3.19. The highest BCUT2D eigenvalue weighted by Crippen LogP contribution is 2.29. The minimum atomic E-state index is -2.04. The van der Waals surface area contributed by atoms with E-state index in [1.165, 1.54) is 26.2 Å². The van der Waals surface area contributed by atoms with E-state index in [-0.39, 0.29) is 17.9 Å². The molecule has 1 rings (SSSR count). The quantitative estimate of drug-likeness (QED) is 0.323. The Morgan fingerprint density at radius 1 is 1.35 bits per heavy atom. The van der Waals surface area contributed by atoms with Crippen LogP contribution in [0.2, 0.25) is 0 Å². The molecule has 0 bridgehead atoms. The molecule has 0 radical (unpaired) electrons. The fraction of sp³-hybridized carbons (Fsp3) is 0.357. The highest BCUT2D eigenvalue weighted by Gasteiger charge is 2.36. The number of nitrogens with zero attached hydrogens (tertiary/aromatic N) is 1. The van der Waals surface area contributed by atoms with Crippen LogP contribution < -0.4 is 4.74 Å². The Morgan fingerprint density at radius 3 is 2.48 bits per heavy atom. The predicted octanol–water partition coefficient (Wildman–Crippen LogP) is 0.979. The molecule has 0 aromatic heterocycles. The van der Waals surface area contributed by atoms with Crippen molar-refractivity contribution >= 4 is 23.4 Å². The van der Waals surface area contributed by atoms with Gasteiger partial charge in [-0.25, -0.2) is 0 Å². The lowest BCUT2D eigenvalue weighted by molar-refractivity contribution is -0.385. The van der Waals surface area contributed by atoms with Gasteiger partial charge in [0, 0.05) is 12.5 Å². The van der Waals surface area contributed by atoms with Crippen molar-refractivity contribution < 1.29 is 33.9 Å². The van der Waals surface area contributed by atoms with Crippen molar-refractivity contribution in [1.82, 2.24) is 0 Å². The Labute approximate surface area is 131 Å². The molecule has 124 valence electrons. The van der Waals surface area contributed by atoms with Crippen molar-refractivity contribution in [1.29, 1.82) is 0 Å². The summed E-state index contributed by atoms with van der Waals surface area (Å²) in [5.74, 6) is -5.89. The van der Waals surface area contributed by atoms with Crippen molar-refractivity contribution in [3.8, 4) is 5.75 Å². The molecule has 0 saturated heterocycles. The monoisotopic (exact) mass is 325 g/mol. The van der Waals surface area contributed by atoms with Gasteiger partial charge in [-0.15, -0.1) is 0 Å². The third-order valence-corrected chi connectivity index (χ3v) is 2.97. The van der Waals surface area contributed by atoms with E-state index >= 15 is 0 Å². The normalized spacial score (nSPS) is 11.4. The van der Waals surface area contributed by atoms with E-state index in [0.29, 0.717) is 0 Å². The fourth-order valence-corrected chi connectivity index (χ4v) is 1.97. The highest BCUT2D eigenvalue weighted by atomic mass is 16.6. The van der Waals surface area contributed by atoms with Crippen molar-refractivity contribution in [3.05, 3.63) is 33.9 Å². The van der Waals surface area contributed by atoms with E-state index in [0.717, 1.165) is 6.07 Å². The van der Waals surface area contributed by atoms with Crippen LogP contribution in [0.15, 0.2) is 18.2 Å². The van der Waals surface area contributed by atoms with E-state index in [2.05, 4.69) is 4.74 Å². The lowest BCUT2D eigenvalue weighted by Gasteiger charge is -2.12. The molecule has 0 fully saturated rings. The average molecular weight is 325 g/mol. The van der Waals surface area contributed by atoms with Crippen LogP contribution in [0.25, 0.3) is 0 Å². The molecular formula is C14H15NO8. The second-order valence-corrected chi connectivity index (χ2v) is 4.38. The molecule has 1 unspecified atom stereocenters. The number of ether oxygens (including phenoxy) is 2. The maximum Gasteiger partial charge on any atom is 0.328 e. The number of carboxylic acid groups (broad SMARTS) is 1. The molecule has 0 amide bonds. The lowest BCUT2D eigenvalue weighted by atomic mass is 9.96. The van der Waals surface area contributed by atoms with Gasteiger partial charge in [0.2, 0.25) is 5.92 Å². The van der Waals surface area contributed by atoms with E-state index in [9.17, 15) is 24.5 Å². The minimum absolute atomic E-state index is 0.0561. The third-order valence-electron chi connectivity index (χ3n) is 2.97. The largest absolute Gasteiger partial charge is 0.496 e. The topological polar surface area (TPSA) is 133 Å². The first-order chi connectivity index (χ1) is 10.8. The van der Waals surface area contributed by atoms with Gasteiger partial charge in [0.1, 0.15) is 5.75 Å². The molecule has 9 heteroatoms. The number of methoxy groups -OCH3 is 1. The first-order valence-electron chi connectivity index (χ1n) is 6.55. The zero-order chi connectivity index (χ0) is 17.6. The molecule has 0 heterocycles. The molecule has 9 nitrogen and oxygen atoms in total. The lowest BCUT2D eigenvalue weighted by Crippen LogP contribution is -2.34. The average Bonchev–Trinajstić information content (AvgIpc) is 2.47. The summed E-state index contributed by atoms with van der Waals surface area (Å²) in [7, 11) is 1.26. The predicted molar refractivity (Wildman–Crippen MR) is 76.1 cm³/mol. The standard InChI is InChI=1S/C14H15NO8/c1-3-23-14(19)12(13(17)18)10(16)7-8-9(15(20)21)5-4-6-11(8)22-2/h4-6,12H,3,7H2,1-2H3,(H,17,18). The van der Waals surface area contributed by atoms with Crippen LogP contribution in [0.3, 0.4) is 0 Å². The summed E-state index contributed by atoms with van der Waals surface area (Å²) in [4.78, 5) is 45.2. The number of aliphatic carboxylic acids is 1. The summed E-state index contributed by atoms with van der Waals surface area (Å²) in [6.07, 6.45) is -0.643. The Hall–Kier alpha value is -2.97. The number of carboxylic acids is 1. The smallest absolute Gasteiger partial charge is 0.328 e. The van der Waals surface area contributed by atoms with Gasteiger partial charge in [0.15, 0.2) is 5.78 Å². The number of carbonyl (C=O) groups is 3. The van der Waals surface area contributed by atoms with Crippen molar-refractivity contribution in [2.45, 2.75) is 13.3 Å². The number of hydrogen-bond acceptors (Lipinski definition) is 7. The Morgan fingerprint density at radius 2 is 2.00 bits per heavy atom. The van der Waals surface area contributed by atoms with E-state index in [4.69, 9.17) is 9.84 Å². The van der Waals surface area contributed by atoms with Crippen molar-refractivity contribution in [3.63, 3.8) is 0 Å². The van der Waals surface area contributed by atoms with Gasteiger partial charge in [0.05, 0.1) is 24.2 Å².